The second kappa shape index (κ2) is 5.10. The van der Waals surface area contributed by atoms with E-state index in [4.69, 9.17) is 22.6 Å². The zero-order chi connectivity index (χ0) is 11.4. The van der Waals surface area contributed by atoms with E-state index in [-0.39, 0.29) is 17.3 Å². The van der Waals surface area contributed by atoms with Crippen LogP contribution in [0.15, 0.2) is 21.6 Å². The van der Waals surface area contributed by atoms with Gasteiger partial charge in [0.15, 0.2) is 0 Å². The molecule has 0 saturated heterocycles. The molecule has 1 aromatic carbocycles. The second-order valence-electron chi connectivity index (χ2n) is 2.63. The van der Waals surface area contributed by atoms with Crippen LogP contribution in [0.1, 0.15) is 5.56 Å². The molecule has 0 bridgehead atoms. The van der Waals surface area contributed by atoms with Crippen molar-refractivity contribution >= 4 is 39.1 Å². The average Bonchev–Trinajstić information content (AvgIpc) is 2.22. The summed E-state index contributed by atoms with van der Waals surface area (Å²) in [5, 5.41) is 8.57. The highest BCUT2D eigenvalue weighted by Gasteiger charge is 2.07. The van der Waals surface area contributed by atoms with Crippen LogP contribution in [0.2, 0.25) is 0 Å². The summed E-state index contributed by atoms with van der Waals surface area (Å²) in [5.41, 5.74) is 5.66. The first-order valence-electron chi connectivity index (χ1n) is 3.86. The molecule has 0 aliphatic carbocycles. The number of alkyl halides is 1. The second-order valence-corrected chi connectivity index (χ2v) is 3.75. The molecule has 0 heterocycles. The molecule has 0 amide bonds. The maximum absolute atomic E-state index is 13.2. The minimum atomic E-state index is -0.637. The van der Waals surface area contributed by atoms with Gasteiger partial charge in [-0.3, -0.25) is 0 Å². The largest absolute Gasteiger partial charge is 0.386 e. The molecule has 1 rings (SSSR count). The van der Waals surface area contributed by atoms with E-state index in [9.17, 15) is 4.39 Å². The van der Waals surface area contributed by atoms with Gasteiger partial charge in [-0.05, 0) is 22.0 Å². The number of nitriles is 1. The summed E-state index contributed by atoms with van der Waals surface area (Å²) in [6.07, 6.45) is 0. The summed E-state index contributed by atoms with van der Waals surface area (Å²) in [5.74, 6) is -0.392. The van der Waals surface area contributed by atoms with Gasteiger partial charge in [-0.25, -0.2) is 9.38 Å². The van der Waals surface area contributed by atoms with Crippen LogP contribution in [-0.4, -0.2) is 11.7 Å². The van der Waals surface area contributed by atoms with Crippen molar-refractivity contribution in [3.8, 4) is 6.07 Å². The Hall–Kier alpha value is -1.12. The van der Waals surface area contributed by atoms with Crippen LogP contribution in [0.5, 0.6) is 0 Å². The van der Waals surface area contributed by atoms with Crippen LogP contribution in [-0.2, 0) is 0 Å². The smallest absolute Gasteiger partial charge is 0.143 e. The third-order valence-corrected chi connectivity index (χ3v) is 2.47. The molecule has 6 heteroatoms. The maximum atomic E-state index is 13.2. The Morgan fingerprint density at radius 2 is 2.33 bits per heavy atom. The van der Waals surface area contributed by atoms with E-state index in [0.717, 1.165) is 6.07 Å². The van der Waals surface area contributed by atoms with Gasteiger partial charge >= 0.3 is 0 Å². The van der Waals surface area contributed by atoms with Crippen molar-refractivity contribution in [1.29, 1.82) is 5.26 Å². The average molecular weight is 291 g/mol. The van der Waals surface area contributed by atoms with Crippen molar-refractivity contribution in [1.82, 2.24) is 0 Å². The summed E-state index contributed by atoms with van der Waals surface area (Å²) in [6, 6.07) is 4.19. The summed E-state index contributed by atoms with van der Waals surface area (Å²) >= 11 is 8.59. The molecule has 0 aromatic heterocycles. The molecule has 0 atom stereocenters. The molecule has 0 saturated carbocycles. The lowest BCUT2D eigenvalue weighted by Gasteiger charge is -2.01. The number of halogens is 3. The van der Waals surface area contributed by atoms with E-state index in [1.165, 1.54) is 6.07 Å². The van der Waals surface area contributed by atoms with E-state index in [0.29, 0.717) is 10.2 Å². The molecule has 0 spiro atoms. The van der Waals surface area contributed by atoms with Gasteiger partial charge in [0.25, 0.3) is 0 Å². The fourth-order valence-electron chi connectivity index (χ4n) is 0.892. The first-order valence-corrected chi connectivity index (χ1v) is 5.19. The SMILES string of the molecule is N#Cc1cc(Br)c(N=C(N)CCl)cc1F. The first kappa shape index (κ1) is 12.0. The van der Waals surface area contributed by atoms with Crippen molar-refractivity contribution in [2.75, 3.05) is 5.88 Å². The molecule has 78 valence electrons. The number of hydrogen-bond donors (Lipinski definition) is 1. The fraction of sp³-hybridized carbons (Fsp3) is 0.111. The van der Waals surface area contributed by atoms with Crippen LogP contribution < -0.4 is 5.73 Å². The summed E-state index contributed by atoms with van der Waals surface area (Å²) in [6.45, 7) is 0. The molecular weight excluding hydrogens is 284 g/mol. The lowest BCUT2D eigenvalue weighted by Crippen LogP contribution is -2.12. The predicted octanol–water partition coefficient (Wildman–Crippen LogP) is 2.69. The molecule has 0 unspecified atom stereocenters. The topological polar surface area (TPSA) is 62.2 Å². The monoisotopic (exact) mass is 289 g/mol. The lowest BCUT2D eigenvalue weighted by atomic mass is 10.2. The molecule has 15 heavy (non-hydrogen) atoms. The van der Waals surface area contributed by atoms with Crippen molar-refractivity contribution in [3.05, 3.63) is 28.0 Å². The van der Waals surface area contributed by atoms with Crippen molar-refractivity contribution in [2.45, 2.75) is 0 Å². The summed E-state index contributed by atoms with van der Waals surface area (Å²) < 4.78 is 13.7. The summed E-state index contributed by atoms with van der Waals surface area (Å²) in [4.78, 5) is 3.88. The Kier molecular flexibility index (Phi) is 4.06. The van der Waals surface area contributed by atoms with Crippen LogP contribution in [0, 0.1) is 17.1 Å². The third-order valence-electron chi connectivity index (χ3n) is 1.56. The standard InChI is InChI=1S/C9H6BrClFN3/c10-6-1-5(4-13)7(12)2-8(6)15-9(14)3-11/h1-2H,3H2,(H2,14,15). The molecular formula is C9H6BrClFN3. The predicted molar refractivity (Wildman–Crippen MR) is 60.8 cm³/mol. The van der Waals surface area contributed by atoms with Crippen molar-refractivity contribution in [2.24, 2.45) is 10.7 Å². The van der Waals surface area contributed by atoms with Gasteiger partial charge in [0.1, 0.15) is 17.7 Å². The molecule has 0 fully saturated rings. The van der Waals surface area contributed by atoms with E-state index in [2.05, 4.69) is 20.9 Å². The van der Waals surface area contributed by atoms with Crippen LogP contribution in [0.25, 0.3) is 0 Å². The molecule has 3 nitrogen and oxygen atoms in total. The van der Waals surface area contributed by atoms with E-state index in [1.807, 2.05) is 0 Å². The quantitative estimate of drug-likeness (QED) is 0.517. The van der Waals surface area contributed by atoms with Gasteiger partial charge < -0.3 is 5.73 Å². The zero-order valence-corrected chi connectivity index (χ0v) is 9.81. The molecule has 0 aliphatic rings. The fourth-order valence-corrected chi connectivity index (χ4v) is 1.38. The highest BCUT2D eigenvalue weighted by atomic mass is 79.9. The first-order chi connectivity index (χ1) is 7.08. The Labute approximate surface area is 99.5 Å². The number of rotatable bonds is 2. The van der Waals surface area contributed by atoms with Crippen LogP contribution in [0.4, 0.5) is 10.1 Å². The Balaban J connectivity index is 3.24. The lowest BCUT2D eigenvalue weighted by molar-refractivity contribution is 0.624. The zero-order valence-electron chi connectivity index (χ0n) is 7.47. The Morgan fingerprint density at radius 1 is 1.67 bits per heavy atom. The van der Waals surface area contributed by atoms with Gasteiger partial charge in [0.05, 0.1) is 17.1 Å². The highest BCUT2D eigenvalue weighted by Crippen LogP contribution is 2.28. The number of aliphatic imine (C=N–C) groups is 1. The summed E-state index contributed by atoms with van der Waals surface area (Å²) in [7, 11) is 0. The van der Waals surface area contributed by atoms with E-state index < -0.39 is 5.82 Å². The molecule has 0 aliphatic heterocycles. The number of benzene rings is 1. The number of hydrogen-bond acceptors (Lipinski definition) is 2. The minimum Gasteiger partial charge on any atom is -0.386 e. The highest BCUT2D eigenvalue weighted by molar-refractivity contribution is 9.10. The normalized spacial score (nSPS) is 11.2. The molecule has 0 radical (unpaired) electrons. The minimum absolute atomic E-state index is 0.0507. The van der Waals surface area contributed by atoms with Gasteiger partial charge in [0, 0.05) is 10.5 Å². The van der Waals surface area contributed by atoms with E-state index in [1.54, 1.807) is 6.07 Å². The van der Waals surface area contributed by atoms with Crippen molar-refractivity contribution in [3.63, 3.8) is 0 Å². The Morgan fingerprint density at radius 3 is 2.87 bits per heavy atom. The van der Waals surface area contributed by atoms with Gasteiger partial charge in [-0.1, -0.05) is 0 Å². The molecule has 1 aromatic rings. The molecule has 2 N–H and O–H groups in total. The number of amidine groups is 1. The Bertz CT molecular complexity index is 453. The van der Waals surface area contributed by atoms with Gasteiger partial charge in [-0.15, -0.1) is 11.6 Å². The third kappa shape index (κ3) is 2.91. The number of nitrogens with zero attached hydrogens (tertiary/aromatic N) is 2. The van der Waals surface area contributed by atoms with Gasteiger partial charge in [-0.2, -0.15) is 5.26 Å². The number of nitrogens with two attached hydrogens (primary N) is 1. The maximum Gasteiger partial charge on any atom is 0.143 e. The van der Waals surface area contributed by atoms with Gasteiger partial charge in [0.2, 0.25) is 0 Å². The van der Waals surface area contributed by atoms with Crippen LogP contribution >= 0.6 is 27.5 Å². The van der Waals surface area contributed by atoms with E-state index >= 15 is 0 Å². The van der Waals surface area contributed by atoms with Crippen molar-refractivity contribution < 1.29 is 4.39 Å². The van der Waals surface area contributed by atoms with Crippen LogP contribution in [0.3, 0.4) is 0 Å².